The van der Waals surface area contributed by atoms with Gasteiger partial charge in [0.1, 0.15) is 5.82 Å². The van der Waals surface area contributed by atoms with Crippen molar-refractivity contribution in [1.29, 1.82) is 0 Å². The Morgan fingerprint density at radius 1 is 1.53 bits per heavy atom. The molecule has 0 amide bonds. The minimum atomic E-state index is -0.140. The van der Waals surface area contributed by atoms with Gasteiger partial charge in [0.15, 0.2) is 0 Å². The van der Waals surface area contributed by atoms with Crippen LogP contribution in [0.3, 0.4) is 0 Å². The number of hydrogen-bond acceptors (Lipinski definition) is 2. The van der Waals surface area contributed by atoms with Gasteiger partial charge in [0, 0.05) is 6.04 Å². The fourth-order valence-electron chi connectivity index (χ4n) is 2.19. The minimum Gasteiger partial charge on any atom is -0.313 e. The van der Waals surface area contributed by atoms with Crippen molar-refractivity contribution in [2.45, 2.75) is 12.5 Å². The van der Waals surface area contributed by atoms with Gasteiger partial charge in [-0.25, -0.2) is 4.39 Å². The van der Waals surface area contributed by atoms with Crippen LogP contribution in [0.5, 0.6) is 0 Å². The summed E-state index contributed by atoms with van der Waals surface area (Å²) in [4.78, 5) is 0. The Hall–Kier alpha value is -0.540. The zero-order valence-electron chi connectivity index (χ0n) is 8.87. The Balaban J connectivity index is 2.18. The molecule has 1 saturated heterocycles. The second-order valence-electron chi connectivity index (χ2n) is 3.95. The van der Waals surface area contributed by atoms with Crippen LogP contribution in [0.15, 0.2) is 24.3 Å². The molecule has 0 spiro atoms. The van der Waals surface area contributed by atoms with E-state index in [1.54, 1.807) is 12.1 Å². The predicted molar refractivity (Wildman–Crippen MR) is 63.6 cm³/mol. The van der Waals surface area contributed by atoms with E-state index in [0.717, 1.165) is 5.56 Å². The summed E-state index contributed by atoms with van der Waals surface area (Å²) < 4.78 is 13.1. The molecule has 1 aromatic carbocycles. The van der Waals surface area contributed by atoms with Crippen molar-refractivity contribution in [3.05, 3.63) is 35.6 Å². The van der Waals surface area contributed by atoms with E-state index in [1.807, 2.05) is 24.9 Å². The van der Waals surface area contributed by atoms with Gasteiger partial charge in [-0.1, -0.05) is 12.1 Å². The molecule has 1 aliphatic rings. The summed E-state index contributed by atoms with van der Waals surface area (Å²) >= 11 is 1.99. The zero-order chi connectivity index (χ0) is 10.7. The largest absolute Gasteiger partial charge is 0.313 e. The molecule has 1 aromatic rings. The number of thioether (sulfide) groups is 1. The Bertz CT molecular complexity index is 323. The number of nitrogens with one attached hydrogen (secondary N) is 1. The minimum absolute atomic E-state index is 0.140. The van der Waals surface area contributed by atoms with Gasteiger partial charge in [0.25, 0.3) is 0 Å². The molecule has 15 heavy (non-hydrogen) atoms. The molecule has 0 aliphatic carbocycles. The fraction of sp³-hybridized carbons (Fsp3) is 0.500. The highest BCUT2D eigenvalue weighted by molar-refractivity contribution is 7.99. The number of benzene rings is 1. The lowest BCUT2D eigenvalue weighted by Crippen LogP contribution is -2.25. The van der Waals surface area contributed by atoms with Gasteiger partial charge >= 0.3 is 0 Å². The lowest BCUT2D eigenvalue weighted by Gasteiger charge is -2.22. The molecular weight excluding hydrogens is 209 g/mol. The van der Waals surface area contributed by atoms with Crippen molar-refractivity contribution < 1.29 is 4.39 Å². The second-order valence-corrected chi connectivity index (χ2v) is 5.09. The normalized spacial score (nSPS) is 22.9. The third kappa shape index (κ3) is 2.52. The van der Waals surface area contributed by atoms with E-state index in [4.69, 9.17) is 0 Å². The van der Waals surface area contributed by atoms with Crippen molar-refractivity contribution in [2.24, 2.45) is 5.92 Å². The first kappa shape index (κ1) is 11.0. The summed E-state index contributed by atoms with van der Waals surface area (Å²) in [5.74, 6) is 2.92. The topological polar surface area (TPSA) is 12.0 Å². The van der Waals surface area contributed by atoms with Crippen LogP contribution in [0.4, 0.5) is 4.39 Å². The molecule has 1 N–H and O–H groups in total. The van der Waals surface area contributed by atoms with Crippen LogP contribution in [0.2, 0.25) is 0 Å². The molecule has 0 bridgehead atoms. The molecule has 0 saturated carbocycles. The zero-order valence-corrected chi connectivity index (χ0v) is 9.69. The van der Waals surface area contributed by atoms with E-state index >= 15 is 0 Å². The molecule has 1 nitrogen and oxygen atoms in total. The molecule has 1 heterocycles. The maximum atomic E-state index is 13.1. The van der Waals surface area contributed by atoms with Crippen LogP contribution in [-0.2, 0) is 0 Å². The Labute approximate surface area is 94.5 Å². The molecule has 2 rings (SSSR count). The molecule has 1 fully saturated rings. The lowest BCUT2D eigenvalue weighted by atomic mass is 9.92. The van der Waals surface area contributed by atoms with Gasteiger partial charge < -0.3 is 5.32 Å². The van der Waals surface area contributed by atoms with E-state index in [1.165, 1.54) is 24.0 Å². The first-order valence-corrected chi connectivity index (χ1v) is 6.47. The van der Waals surface area contributed by atoms with E-state index in [0.29, 0.717) is 12.0 Å². The van der Waals surface area contributed by atoms with Crippen molar-refractivity contribution in [1.82, 2.24) is 5.32 Å². The monoisotopic (exact) mass is 225 g/mol. The highest BCUT2D eigenvalue weighted by Crippen LogP contribution is 2.33. The average Bonchev–Trinajstić information content (AvgIpc) is 2.72. The SMILES string of the molecule is CNC(c1cccc(F)c1)C1CCSC1. The quantitative estimate of drug-likeness (QED) is 0.849. The van der Waals surface area contributed by atoms with Gasteiger partial charge in [-0.3, -0.25) is 0 Å². The molecule has 3 heteroatoms. The van der Waals surface area contributed by atoms with Crippen molar-refractivity contribution in [3.63, 3.8) is 0 Å². The van der Waals surface area contributed by atoms with Crippen LogP contribution < -0.4 is 5.32 Å². The highest BCUT2D eigenvalue weighted by Gasteiger charge is 2.25. The maximum absolute atomic E-state index is 13.1. The van der Waals surface area contributed by atoms with Gasteiger partial charge in [0.2, 0.25) is 0 Å². The molecule has 0 radical (unpaired) electrons. The standard InChI is InChI=1S/C12H16FNS/c1-14-12(10-5-6-15-8-10)9-3-2-4-11(13)7-9/h2-4,7,10,12,14H,5-6,8H2,1H3. The Kier molecular flexibility index (Phi) is 3.65. The molecule has 82 valence electrons. The Morgan fingerprint density at radius 2 is 2.40 bits per heavy atom. The number of hydrogen-bond donors (Lipinski definition) is 1. The summed E-state index contributed by atoms with van der Waals surface area (Å²) in [5.41, 5.74) is 1.07. The smallest absolute Gasteiger partial charge is 0.123 e. The van der Waals surface area contributed by atoms with Crippen LogP contribution in [0, 0.1) is 11.7 Å². The van der Waals surface area contributed by atoms with Gasteiger partial charge in [-0.2, -0.15) is 11.8 Å². The van der Waals surface area contributed by atoms with Crippen LogP contribution in [-0.4, -0.2) is 18.6 Å². The average molecular weight is 225 g/mol. The number of halogens is 1. The summed E-state index contributed by atoms with van der Waals surface area (Å²) in [5, 5.41) is 3.31. The lowest BCUT2D eigenvalue weighted by molar-refractivity contribution is 0.418. The molecule has 2 atom stereocenters. The van der Waals surface area contributed by atoms with Gasteiger partial charge in [-0.15, -0.1) is 0 Å². The van der Waals surface area contributed by atoms with E-state index in [9.17, 15) is 4.39 Å². The summed E-state index contributed by atoms with van der Waals surface area (Å²) in [6, 6.07) is 7.24. The highest BCUT2D eigenvalue weighted by atomic mass is 32.2. The number of rotatable bonds is 3. The Morgan fingerprint density at radius 3 is 3.00 bits per heavy atom. The van der Waals surface area contributed by atoms with E-state index in [-0.39, 0.29) is 5.82 Å². The molecule has 0 aromatic heterocycles. The van der Waals surface area contributed by atoms with Crippen LogP contribution in [0.25, 0.3) is 0 Å². The van der Waals surface area contributed by atoms with Gasteiger partial charge in [0.05, 0.1) is 0 Å². The van der Waals surface area contributed by atoms with Gasteiger partial charge in [-0.05, 0) is 48.6 Å². The molecule has 1 aliphatic heterocycles. The first-order valence-electron chi connectivity index (χ1n) is 5.31. The third-order valence-electron chi connectivity index (χ3n) is 2.96. The third-order valence-corrected chi connectivity index (χ3v) is 4.14. The van der Waals surface area contributed by atoms with Crippen LogP contribution in [0.1, 0.15) is 18.0 Å². The fourth-order valence-corrected chi connectivity index (χ4v) is 3.49. The summed E-state index contributed by atoms with van der Waals surface area (Å²) in [6.07, 6.45) is 1.23. The van der Waals surface area contributed by atoms with E-state index < -0.39 is 0 Å². The van der Waals surface area contributed by atoms with E-state index in [2.05, 4.69) is 5.32 Å². The van der Waals surface area contributed by atoms with Crippen molar-refractivity contribution >= 4 is 11.8 Å². The summed E-state index contributed by atoms with van der Waals surface area (Å²) in [7, 11) is 1.96. The van der Waals surface area contributed by atoms with Crippen LogP contribution >= 0.6 is 11.8 Å². The first-order chi connectivity index (χ1) is 7.31. The van der Waals surface area contributed by atoms with Crippen molar-refractivity contribution in [2.75, 3.05) is 18.6 Å². The molecular formula is C12H16FNS. The maximum Gasteiger partial charge on any atom is 0.123 e. The summed E-state index contributed by atoms with van der Waals surface area (Å²) in [6.45, 7) is 0. The second kappa shape index (κ2) is 4.99. The molecule has 2 unspecified atom stereocenters. The van der Waals surface area contributed by atoms with Crippen molar-refractivity contribution in [3.8, 4) is 0 Å². The predicted octanol–water partition coefficient (Wildman–Crippen LogP) is 2.84.